The van der Waals surface area contributed by atoms with E-state index in [-0.39, 0.29) is 10.8 Å². The number of anilines is 1. The van der Waals surface area contributed by atoms with Gasteiger partial charge in [0.25, 0.3) is 0 Å². The Labute approximate surface area is 171 Å². The van der Waals surface area contributed by atoms with Gasteiger partial charge in [-0.15, -0.1) is 0 Å². The topological polar surface area (TPSA) is 93.7 Å². The van der Waals surface area contributed by atoms with Crippen LogP contribution in [0.3, 0.4) is 0 Å². The molecule has 0 saturated heterocycles. The van der Waals surface area contributed by atoms with E-state index in [1.807, 2.05) is 31.2 Å². The van der Waals surface area contributed by atoms with Gasteiger partial charge in [-0.1, -0.05) is 24.1 Å². The minimum Gasteiger partial charge on any atom is -0.486 e. The minimum absolute atomic E-state index is 0.0364. The molecule has 3 rings (SSSR count). The quantitative estimate of drug-likeness (QED) is 0.610. The molecule has 1 heterocycles. The van der Waals surface area contributed by atoms with Crippen molar-refractivity contribution in [3.05, 3.63) is 48.0 Å². The van der Waals surface area contributed by atoms with E-state index in [9.17, 15) is 13.2 Å². The first-order chi connectivity index (χ1) is 13.9. The number of unbranched alkanes of at least 4 members (excludes halogenated alkanes) is 2. The van der Waals surface area contributed by atoms with Gasteiger partial charge >= 0.3 is 0 Å². The summed E-state index contributed by atoms with van der Waals surface area (Å²) < 4.78 is 38.3. The summed E-state index contributed by atoms with van der Waals surface area (Å²) in [4.78, 5) is 12.1. The molecular weight excluding hydrogens is 392 g/mol. The van der Waals surface area contributed by atoms with Crippen molar-refractivity contribution < 1.29 is 22.7 Å². The van der Waals surface area contributed by atoms with Crippen molar-refractivity contribution in [3.8, 4) is 11.5 Å². The Morgan fingerprint density at radius 1 is 0.966 bits per heavy atom. The average Bonchev–Trinajstić information content (AvgIpc) is 2.72. The molecule has 1 aliphatic rings. The zero-order chi connectivity index (χ0) is 20.7. The second kappa shape index (κ2) is 9.76. The van der Waals surface area contributed by atoms with Crippen molar-refractivity contribution in [2.75, 3.05) is 25.1 Å². The van der Waals surface area contributed by atoms with Crippen LogP contribution in [0.4, 0.5) is 5.69 Å². The fraction of sp³-hybridized carbons (Fsp3) is 0.381. The molecule has 0 saturated carbocycles. The molecule has 0 aromatic heterocycles. The van der Waals surface area contributed by atoms with Crippen LogP contribution >= 0.6 is 0 Å². The Balaban J connectivity index is 1.36. The molecule has 8 heteroatoms. The smallest absolute Gasteiger partial charge is 0.240 e. The Morgan fingerprint density at radius 2 is 1.69 bits per heavy atom. The van der Waals surface area contributed by atoms with E-state index in [1.165, 1.54) is 12.1 Å². The van der Waals surface area contributed by atoms with Gasteiger partial charge in [0.15, 0.2) is 11.5 Å². The van der Waals surface area contributed by atoms with Crippen molar-refractivity contribution in [1.29, 1.82) is 0 Å². The number of ether oxygens (including phenoxy) is 2. The first-order valence-corrected chi connectivity index (χ1v) is 11.2. The summed E-state index contributed by atoms with van der Waals surface area (Å²) in [5.74, 6) is 0.962. The van der Waals surface area contributed by atoms with Gasteiger partial charge in [-0.05, 0) is 44.0 Å². The van der Waals surface area contributed by atoms with Crippen LogP contribution in [0.1, 0.15) is 31.2 Å². The van der Waals surface area contributed by atoms with E-state index in [0.717, 1.165) is 17.7 Å². The predicted octanol–water partition coefficient (Wildman–Crippen LogP) is 3.24. The molecule has 0 unspecified atom stereocenters. The summed E-state index contributed by atoms with van der Waals surface area (Å²) in [7, 11) is -3.61. The van der Waals surface area contributed by atoms with Gasteiger partial charge in [0.1, 0.15) is 13.2 Å². The predicted molar refractivity (Wildman–Crippen MR) is 111 cm³/mol. The van der Waals surface area contributed by atoms with Crippen molar-refractivity contribution in [1.82, 2.24) is 4.72 Å². The van der Waals surface area contributed by atoms with Crippen LogP contribution in [0.5, 0.6) is 11.5 Å². The lowest BCUT2D eigenvalue weighted by Crippen LogP contribution is -2.25. The Hall–Kier alpha value is -2.58. The molecule has 0 aliphatic carbocycles. The maximum Gasteiger partial charge on any atom is 0.240 e. The van der Waals surface area contributed by atoms with Crippen LogP contribution in [0, 0.1) is 6.92 Å². The lowest BCUT2D eigenvalue weighted by molar-refractivity contribution is -0.116. The maximum absolute atomic E-state index is 12.4. The molecule has 0 fully saturated rings. The Kier molecular flexibility index (Phi) is 7.11. The maximum atomic E-state index is 12.4. The standard InChI is InChI=1S/C21H26N2O5S/c1-16-6-8-17(9-7-16)23-21(24)5-3-2-4-12-22-29(25,26)18-10-11-19-20(15-18)28-14-13-27-19/h6-11,15,22H,2-5,12-14H2,1H3,(H,23,24). The normalized spacial score (nSPS) is 13.1. The number of rotatable bonds is 9. The van der Waals surface area contributed by atoms with Gasteiger partial charge in [0.05, 0.1) is 4.90 Å². The van der Waals surface area contributed by atoms with Crippen LogP contribution in [0.2, 0.25) is 0 Å². The van der Waals surface area contributed by atoms with Crippen molar-refractivity contribution in [3.63, 3.8) is 0 Å². The Bertz CT molecular complexity index is 942. The number of nitrogens with one attached hydrogen (secondary N) is 2. The summed E-state index contributed by atoms with van der Waals surface area (Å²) in [5, 5.41) is 2.86. The van der Waals surface area contributed by atoms with Crippen molar-refractivity contribution >= 4 is 21.6 Å². The molecule has 0 radical (unpaired) electrons. The van der Waals surface area contributed by atoms with Crippen molar-refractivity contribution in [2.45, 2.75) is 37.5 Å². The number of sulfonamides is 1. The Morgan fingerprint density at radius 3 is 2.45 bits per heavy atom. The summed E-state index contributed by atoms with van der Waals surface area (Å²) in [6.07, 6.45) is 2.51. The zero-order valence-corrected chi connectivity index (χ0v) is 17.3. The number of amides is 1. The first kappa shape index (κ1) is 21.1. The van der Waals surface area contributed by atoms with E-state index in [4.69, 9.17) is 9.47 Å². The molecule has 0 spiro atoms. The second-order valence-electron chi connectivity index (χ2n) is 6.93. The van der Waals surface area contributed by atoms with Crippen LogP contribution in [-0.2, 0) is 14.8 Å². The minimum atomic E-state index is -3.61. The molecular formula is C21H26N2O5S. The summed E-state index contributed by atoms with van der Waals surface area (Å²) in [5.41, 5.74) is 1.93. The number of hydrogen-bond acceptors (Lipinski definition) is 5. The fourth-order valence-electron chi connectivity index (χ4n) is 2.93. The molecule has 156 valence electrons. The lowest BCUT2D eigenvalue weighted by Gasteiger charge is -2.18. The fourth-order valence-corrected chi connectivity index (χ4v) is 4.02. The molecule has 0 bridgehead atoms. The number of carbonyl (C=O) groups is 1. The average molecular weight is 419 g/mol. The highest BCUT2D eigenvalue weighted by Gasteiger charge is 2.18. The first-order valence-electron chi connectivity index (χ1n) is 9.70. The number of fused-ring (bicyclic) bond motifs is 1. The number of carbonyl (C=O) groups excluding carboxylic acids is 1. The zero-order valence-electron chi connectivity index (χ0n) is 16.4. The van der Waals surface area contributed by atoms with E-state index >= 15 is 0 Å². The van der Waals surface area contributed by atoms with Crippen LogP contribution in [-0.4, -0.2) is 34.1 Å². The number of benzene rings is 2. The third-order valence-electron chi connectivity index (χ3n) is 4.53. The number of aryl methyl sites for hydroxylation is 1. The third kappa shape index (κ3) is 6.20. The van der Waals surface area contributed by atoms with E-state index in [0.29, 0.717) is 50.5 Å². The highest BCUT2D eigenvalue weighted by Crippen LogP contribution is 2.32. The van der Waals surface area contributed by atoms with Crippen molar-refractivity contribution in [2.24, 2.45) is 0 Å². The molecule has 2 aromatic carbocycles. The SMILES string of the molecule is Cc1ccc(NC(=O)CCCCCNS(=O)(=O)c2ccc3c(c2)OCCO3)cc1. The van der Waals surface area contributed by atoms with Gasteiger partial charge in [-0.25, -0.2) is 13.1 Å². The van der Waals surface area contributed by atoms with E-state index < -0.39 is 10.0 Å². The van der Waals surface area contributed by atoms with Crippen LogP contribution in [0.15, 0.2) is 47.4 Å². The molecule has 2 aromatic rings. The monoisotopic (exact) mass is 418 g/mol. The van der Waals surface area contributed by atoms with Gasteiger partial charge < -0.3 is 14.8 Å². The summed E-state index contributed by atoms with van der Waals surface area (Å²) in [6, 6.07) is 12.2. The molecule has 1 amide bonds. The molecule has 7 nitrogen and oxygen atoms in total. The lowest BCUT2D eigenvalue weighted by atomic mass is 10.2. The van der Waals surface area contributed by atoms with Crippen LogP contribution < -0.4 is 19.5 Å². The number of hydrogen-bond donors (Lipinski definition) is 2. The summed E-state index contributed by atoms with van der Waals surface area (Å²) >= 11 is 0. The molecule has 29 heavy (non-hydrogen) atoms. The van der Waals surface area contributed by atoms with E-state index in [2.05, 4.69) is 10.0 Å². The highest BCUT2D eigenvalue weighted by atomic mass is 32.2. The molecule has 0 atom stereocenters. The van der Waals surface area contributed by atoms with Gasteiger partial charge in [0.2, 0.25) is 15.9 Å². The van der Waals surface area contributed by atoms with Gasteiger partial charge in [0, 0.05) is 24.7 Å². The third-order valence-corrected chi connectivity index (χ3v) is 5.99. The van der Waals surface area contributed by atoms with Gasteiger partial charge in [-0.2, -0.15) is 0 Å². The second-order valence-corrected chi connectivity index (χ2v) is 8.70. The molecule has 2 N–H and O–H groups in total. The molecule has 1 aliphatic heterocycles. The highest BCUT2D eigenvalue weighted by molar-refractivity contribution is 7.89. The van der Waals surface area contributed by atoms with Crippen LogP contribution in [0.25, 0.3) is 0 Å². The van der Waals surface area contributed by atoms with E-state index in [1.54, 1.807) is 6.07 Å². The largest absolute Gasteiger partial charge is 0.486 e. The summed E-state index contributed by atoms with van der Waals surface area (Å²) in [6.45, 7) is 3.17. The van der Waals surface area contributed by atoms with Gasteiger partial charge in [-0.3, -0.25) is 4.79 Å².